The lowest BCUT2D eigenvalue weighted by Gasteiger charge is -2.31. The minimum absolute atomic E-state index is 0.287. The van der Waals surface area contributed by atoms with Crippen LogP contribution in [0.1, 0.15) is 29.2 Å². The summed E-state index contributed by atoms with van der Waals surface area (Å²) in [5, 5.41) is 0.950. The first-order valence-corrected chi connectivity index (χ1v) is 10.9. The number of benzene rings is 3. The zero-order chi connectivity index (χ0) is 22.1. The van der Waals surface area contributed by atoms with Gasteiger partial charge in [0.15, 0.2) is 6.73 Å². The highest BCUT2D eigenvalue weighted by atomic mass is 16.5. The van der Waals surface area contributed by atoms with Gasteiger partial charge in [0.2, 0.25) is 0 Å². The molecule has 1 aliphatic rings. The number of fused-ring (bicyclic) bond motifs is 3. The molecular formula is C27H25NO4. The summed E-state index contributed by atoms with van der Waals surface area (Å²) in [4.78, 5) is 15.1. The van der Waals surface area contributed by atoms with Crippen molar-refractivity contribution >= 4 is 16.7 Å². The molecule has 0 amide bonds. The average Bonchev–Trinajstić information content (AvgIpc) is 2.83. The third kappa shape index (κ3) is 3.71. The summed E-state index contributed by atoms with van der Waals surface area (Å²) in [7, 11) is 0. The van der Waals surface area contributed by atoms with Crippen LogP contribution in [-0.2, 0) is 13.0 Å². The van der Waals surface area contributed by atoms with Crippen molar-refractivity contribution in [2.45, 2.75) is 26.8 Å². The summed E-state index contributed by atoms with van der Waals surface area (Å²) < 4.78 is 17.5. The highest BCUT2D eigenvalue weighted by Crippen LogP contribution is 2.35. The van der Waals surface area contributed by atoms with E-state index in [1.54, 1.807) is 0 Å². The summed E-state index contributed by atoms with van der Waals surface area (Å²) in [5.74, 6) is 1.60. The number of nitrogens with zero attached hydrogens (tertiary/aromatic N) is 1. The van der Waals surface area contributed by atoms with E-state index in [2.05, 4.69) is 4.90 Å². The summed E-state index contributed by atoms with van der Waals surface area (Å²) in [6, 6.07) is 21.9. The van der Waals surface area contributed by atoms with Gasteiger partial charge in [-0.15, -0.1) is 0 Å². The second-order valence-corrected chi connectivity index (χ2v) is 7.97. The number of hydrogen-bond acceptors (Lipinski definition) is 5. The summed E-state index contributed by atoms with van der Waals surface area (Å²) in [6.07, 6.45) is 0.552. The molecule has 0 saturated carbocycles. The van der Waals surface area contributed by atoms with Crippen LogP contribution in [0.15, 0.2) is 75.9 Å². The van der Waals surface area contributed by atoms with E-state index in [0.717, 1.165) is 39.3 Å². The third-order valence-electron chi connectivity index (χ3n) is 5.98. The quantitative estimate of drug-likeness (QED) is 0.397. The van der Waals surface area contributed by atoms with Gasteiger partial charge in [-0.25, -0.2) is 4.79 Å². The Hall–Kier alpha value is -3.73. The molecule has 0 N–H and O–H groups in total. The molecule has 3 aromatic carbocycles. The Kier molecular flexibility index (Phi) is 5.31. The van der Waals surface area contributed by atoms with Gasteiger partial charge >= 0.3 is 5.63 Å². The molecule has 1 aromatic heterocycles. The maximum atomic E-state index is 13.0. The van der Waals surface area contributed by atoms with Crippen LogP contribution in [0.3, 0.4) is 0 Å². The maximum Gasteiger partial charge on any atom is 0.340 e. The first-order chi connectivity index (χ1) is 15.6. The highest BCUT2D eigenvalue weighted by Gasteiger charge is 2.23. The van der Waals surface area contributed by atoms with Gasteiger partial charge in [-0.1, -0.05) is 30.3 Å². The molecule has 0 fully saturated rings. The van der Waals surface area contributed by atoms with E-state index in [-0.39, 0.29) is 5.63 Å². The molecular weight excluding hydrogens is 402 g/mol. The fourth-order valence-corrected chi connectivity index (χ4v) is 4.25. The molecule has 5 nitrogen and oxygen atoms in total. The Bertz CT molecular complexity index is 1310. The predicted octanol–water partition coefficient (Wildman–Crippen LogP) is 5.45. The van der Waals surface area contributed by atoms with E-state index in [4.69, 9.17) is 13.9 Å². The second kappa shape index (κ2) is 8.42. The van der Waals surface area contributed by atoms with E-state index in [1.807, 2.05) is 80.6 Å². The van der Waals surface area contributed by atoms with Crippen molar-refractivity contribution in [2.24, 2.45) is 0 Å². The zero-order valence-electron chi connectivity index (χ0n) is 18.3. The normalized spacial score (nSPS) is 13.0. The smallest absolute Gasteiger partial charge is 0.340 e. The molecule has 0 radical (unpaired) electrons. The standard InChI is InChI=1S/C27H25NO4/c1-3-30-21-11-9-20(10-12-21)28-16-24-25(31-17-28)14-13-22-18(2)23(27(29)32-26(22)24)15-19-7-5-4-6-8-19/h4-14H,3,15-17H2,1-2H3. The van der Waals surface area contributed by atoms with Gasteiger partial charge in [0.25, 0.3) is 0 Å². The van der Waals surface area contributed by atoms with Gasteiger partial charge in [0, 0.05) is 23.1 Å². The van der Waals surface area contributed by atoms with Crippen LogP contribution >= 0.6 is 0 Å². The van der Waals surface area contributed by atoms with E-state index >= 15 is 0 Å². The SMILES string of the molecule is CCOc1ccc(N2COc3ccc4c(C)c(Cc5ccccc5)c(=O)oc4c3C2)cc1. The molecule has 162 valence electrons. The molecule has 0 bridgehead atoms. The first-order valence-electron chi connectivity index (χ1n) is 10.9. The molecule has 32 heavy (non-hydrogen) atoms. The Morgan fingerprint density at radius 3 is 2.53 bits per heavy atom. The van der Waals surface area contributed by atoms with E-state index in [1.165, 1.54) is 0 Å². The van der Waals surface area contributed by atoms with Crippen molar-refractivity contribution < 1.29 is 13.9 Å². The molecule has 2 heterocycles. The van der Waals surface area contributed by atoms with Crippen LogP contribution in [0, 0.1) is 6.92 Å². The van der Waals surface area contributed by atoms with Crippen molar-refractivity contribution in [3.8, 4) is 11.5 Å². The van der Waals surface area contributed by atoms with Gasteiger partial charge in [-0.3, -0.25) is 0 Å². The molecule has 0 spiro atoms. The van der Waals surface area contributed by atoms with Crippen molar-refractivity contribution in [3.05, 3.63) is 99.4 Å². The molecule has 1 aliphatic heterocycles. The molecule has 4 aromatic rings. The number of hydrogen-bond donors (Lipinski definition) is 0. The highest BCUT2D eigenvalue weighted by molar-refractivity contribution is 5.86. The topological polar surface area (TPSA) is 51.9 Å². The average molecular weight is 428 g/mol. The zero-order valence-corrected chi connectivity index (χ0v) is 18.3. The van der Waals surface area contributed by atoms with Crippen LogP contribution in [0.25, 0.3) is 11.0 Å². The fraction of sp³-hybridized carbons (Fsp3) is 0.222. The van der Waals surface area contributed by atoms with Crippen LogP contribution in [0.2, 0.25) is 0 Å². The van der Waals surface area contributed by atoms with Gasteiger partial charge in [0.1, 0.15) is 17.1 Å². The summed E-state index contributed by atoms with van der Waals surface area (Å²) in [6.45, 7) is 5.63. The number of rotatable bonds is 5. The van der Waals surface area contributed by atoms with Gasteiger partial charge in [0.05, 0.1) is 18.7 Å². The van der Waals surface area contributed by atoms with Gasteiger partial charge in [-0.2, -0.15) is 0 Å². The lowest BCUT2D eigenvalue weighted by Crippen LogP contribution is -2.32. The monoisotopic (exact) mass is 427 g/mol. The number of aryl methyl sites for hydroxylation is 1. The molecule has 5 heteroatoms. The van der Waals surface area contributed by atoms with Gasteiger partial charge in [-0.05, 0) is 61.4 Å². The van der Waals surface area contributed by atoms with Crippen LogP contribution in [0.4, 0.5) is 5.69 Å². The Morgan fingerprint density at radius 2 is 1.78 bits per heavy atom. The van der Waals surface area contributed by atoms with Crippen LogP contribution < -0.4 is 20.0 Å². The number of anilines is 1. The van der Waals surface area contributed by atoms with Crippen LogP contribution in [0.5, 0.6) is 11.5 Å². The Balaban J connectivity index is 1.51. The summed E-state index contributed by atoms with van der Waals surface area (Å²) in [5.41, 5.74) is 4.99. The van der Waals surface area contributed by atoms with E-state index in [0.29, 0.717) is 37.4 Å². The fourth-order valence-electron chi connectivity index (χ4n) is 4.25. The first kappa shape index (κ1) is 20.2. The maximum absolute atomic E-state index is 13.0. The predicted molar refractivity (Wildman–Crippen MR) is 126 cm³/mol. The van der Waals surface area contributed by atoms with Gasteiger partial charge < -0.3 is 18.8 Å². The largest absolute Gasteiger partial charge is 0.494 e. The van der Waals surface area contributed by atoms with Crippen molar-refractivity contribution in [1.82, 2.24) is 0 Å². The lowest BCUT2D eigenvalue weighted by atomic mass is 9.97. The molecule has 0 saturated heterocycles. The lowest BCUT2D eigenvalue weighted by molar-refractivity contribution is 0.289. The molecule has 5 rings (SSSR count). The second-order valence-electron chi connectivity index (χ2n) is 7.97. The van der Waals surface area contributed by atoms with E-state index in [9.17, 15) is 4.79 Å². The molecule has 0 atom stereocenters. The molecule has 0 aliphatic carbocycles. The Labute approximate surface area is 186 Å². The van der Waals surface area contributed by atoms with E-state index < -0.39 is 0 Å². The van der Waals surface area contributed by atoms with Crippen LogP contribution in [-0.4, -0.2) is 13.3 Å². The number of ether oxygens (including phenoxy) is 2. The van der Waals surface area contributed by atoms with Crippen molar-refractivity contribution in [2.75, 3.05) is 18.2 Å². The minimum atomic E-state index is -0.287. The summed E-state index contributed by atoms with van der Waals surface area (Å²) >= 11 is 0. The van der Waals surface area contributed by atoms with Crippen molar-refractivity contribution in [1.29, 1.82) is 0 Å². The Morgan fingerprint density at radius 1 is 1.00 bits per heavy atom. The molecule has 0 unspecified atom stereocenters. The minimum Gasteiger partial charge on any atom is -0.494 e. The van der Waals surface area contributed by atoms with Crippen molar-refractivity contribution in [3.63, 3.8) is 0 Å². The third-order valence-corrected chi connectivity index (χ3v) is 5.98.